The molecule has 2 amide bonds. The molecule has 3 aliphatic rings. The van der Waals surface area contributed by atoms with Crippen molar-refractivity contribution in [1.82, 2.24) is 20.1 Å². The summed E-state index contributed by atoms with van der Waals surface area (Å²) in [6, 6.07) is 3.14. The smallest absolute Gasteiger partial charge is 0.276 e. The van der Waals surface area contributed by atoms with Crippen molar-refractivity contribution in [2.45, 2.75) is 63.4 Å². The Kier molecular flexibility index (Phi) is 5.40. The SMILES string of the molecule is O=C(NCc1ccc(F)cc1F)c1cn2c(c(O)c1=O)C(=O)N1[C@H](C2)N[C@H]2CCCCC[C@@H]21. The second kappa shape index (κ2) is 8.26. The Morgan fingerprint density at radius 1 is 1.18 bits per heavy atom. The number of pyridine rings is 1. The van der Waals surface area contributed by atoms with Crippen molar-refractivity contribution in [1.29, 1.82) is 0 Å². The largest absolute Gasteiger partial charge is 0.503 e. The Morgan fingerprint density at radius 2 is 1.97 bits per heavy atom. The van der Waals surface area contributed by atoms with Crippen molar-refractivity contribution in [2.24, 2.45) is 0 Å². The lowest BCUT2D eigenvalue weighted by Crippen LogP contribution is -2.51. The Bertz CT molecular complexity index is 1200. The number of carbonyl (C=O) groups excluding carboxylic acids is 2. The van der Waals surface area contributed by atoms with Crippen molar-refractivity contribution in [3.8, 4) is 5.75 Å². The van der Waals surface area contributed by atoms with Crippen LogP contribution in [-0.2, 0) is 13.1 Å². The van der Waals surface area contributed by atoms with Crippen LogP contribution < -0.4 is 16.1 Å². The molecule has 8 nitrogen and oxygen atoms in total. The minimum absolute atomic E-state index is 0.0156. The molecule has 174 valence electrons. The Labute approximate surface area is 188 Å². The summed E-state index contributed by atoms with van der Waals surface area (Å²) in [6.07, 6.45) is 6.01. The third-order valence-corrected chi connectivity index (χ3v) is 6.84. The molecule has 2 aliphatic heterocycles. The zero-order valence-electron chi connectivity index (χ0n) is 17.8. The van der Waals surface area contributed by atoms with E-state index >= 15 is 0 Å². The van der Waals surface area contributed by atoms with E-state index < -0.39 is 34.6 Å². The lowest BCUT2D eigenvalue weighted by molar-refractivity contribution is 0.0556. The fraction of sp³-hybridized carbons (Fsp3) is 0.435. The standard InChI is InChI=1S/C23H24F2N4O4/c24-13-7-6-12(15(25)8-13)9-26-22(32)14-10-28-11-18-27-16-4-2-1-3-5-17(16)29(18)23(33)19(28)21(31)20(14)30/h6-8,10,16-18,27,31H,1-5,9,11H2,(H,26,32)/t16-,17-,18+/m0/s1. The minimum atomic E-state index is -0.963. The van der Waals surface area contributed by atoms with Crippen LogP contribution in [-0.4, -0.2) is 44.6 Å². The predicted octanol–water partition coefficient (Wildman–Crippen LogP) is 1.85. The van der Waals surface area contributed by atoms with E-state index in [4.69, 9.17) is 0 Å². The van der Waals surface area contributed by atoms with Gasteiger partial charge in [0.1, 0.15) is 23.4 Å². The number of amides is 2. The van der Waals surface area contributed by atoms with E-state index in [-0.39, 0.29) is 48.2 Å². The van der Waals surface area contributed by atoms with Gasteiger partial charge in [0.15, 0.2) is 11.4 Å². The topological polar surface area (TPSA) is 104 Å². The number of halogens is 2. The molecule has 0 radical (unpaired) electrons. The monoisotopic (exact) mass is 458 g/mol. The van der Waals surface area contributed by atoms with Crippen LogP contribution in [0.15, 0.2) is 29.2 Å². The molecule has 3 N–H and O–H groups in total. The zero-order chi connectivity index (χ0) is 23.3. The van der Waals surface area contributed by atoms with Crippen molar-refractivity contribution in [3.05, 3.63) is 63.1 Å². The highest BCUT2D eigenvalue weighted by atomic mass is 19.1. The lowest BCUT2D eigenvalue weighted by atomic mass is 10.0. The fourth-order valence-corrected chi connectivity index (χ4v) is 5.23. The first kappa shape index (κ1) is 21.6. The number of nitrogens with zero attached hydrogens (tertiary/aromatic N) is 2. The molecule has 3 heterocycles. The Balaban J connectivity index is 1.42. The van der Waals surface area contributed by atoms with Crippen LogP contribution in [0.5, 0.6) is 5.75 Å². The van der Waals surface area contributed by atoms with Crippen molar-refractivity contribution >= 4 is 11.8 Å². The molecule has 10 heteroatoms. The van der Waals surface area contributed by atoms with Gasteiger partial charge in [-0.2, -0.15) is 0 Å². The second-order valence-electron chi connectivity index (χ2n) is 8.85. The molecule has 2 fully saturated rings. The van der Waals surface area contributed by atoms with Gasteiger partial charge in [-0.15, -0.1) is 0 Å². The van der Waals surface area contributed by atoms with Crippen LogP contribution in [0.1, 0.15) is 58.5 Å². The van der Waals surface area contributed by atoms with Gasteiger partial charge < -0.3 is 19.9 Å². The number of nitrogens with one attached hydrogen (secondary N) is 2. The molecule has 1 saturated heterocycles. The summed E-state index contributed by atoms with van der Waals surface area (Å²) in [5.74, 6) is -3.58. The maximum absolute atomic E-state index is 13.8. The van der Waals surface area contributed by atoms with Gasteiger partial charge in [0, 0.05) is 36.5 Å². The second-order valence-corrected chi connectivity index (χ2v) is 8.85. The molecule has 1 aromatic heterocycles. The van der Waals surface area contributed by atoms with E-state index in [0.717, 1.165) is 38.2 Å². The number of hydrogen-bond acceptors (Lipinski definition) is 5. The summed E-state index contributed by atoms with van der Waals surface area (Å²) < 4.78 is 28.4. The average Bonchev–Trinajstić information content (AvgIpc) is 2.96. The van der Waals surface area contributed by atoms with Gasteiger partial charge in [0.05, 0.1) is 6.54 Å². The van der Waals surface area contributed by atoms with Crippen molar-refractivity contribution in [2.75, 3.05) is 0 Å². The van der Waals surface area contributed by atoms with Crippen LogP contribution >= 0.6 is 0 Å². The van der Waals surface area contributed by atoms with Crippen molar-refractivity contribution in [3.63, 3.8) is 0 Å². The maximum Gasteiger partial charge on any atom is 0.276 e. The first-order chi connectivity index (χ1) is 15.8. The van der Waals surface area contributed by atoms with Gasteiger partial charge >= 0.3 is 0 Å². The third-order valence-electron chi connectivity index (χ3n) is 6.84. The summed E-state index contributed by atoms with van der Waals surface area (Å²) in [4.78, 5) is 40.4. The highest BCUT2D eigenvalue weighted by Crippen LogP contribution is 2.34. The van der Waals surface area contributed by atoms with Gasteiger partial charge in [-0.1, -0.05) is 25.3 Å². The molecule has 1 aromatic carbocycles. The van der Waals surface area contributed by atoms with E-state index in [9.17, 15) is 28.3 Å². The quantitative estimate of drug-likeness (QED) is 0.652. The molecule has 3 atom stereocenters. The molecule has 5 rings (SSSR count). The summed E-state index contributed by atoms with van der Waals surface area (Å²) in [6.45, 7) is 0.0158. The average molecular weight is 458 g/mol. The summed E-state index contributed by atoms with van der Waals surface area (Å²) in [7, 11) is 0. The molecule has 1 aliphatic carbocycles. The summed E-state index contributed by atoms with van der Waals surface area (Å²) >= 11 is 0. The van der Waals surface area contributed by atoms with E-state index in [0.29, 0.717) is 6.07 Å². The van der Waals surface area contributed by atoms with E-state index in [2.05, 4.69) is 10.6 Å². The van der Waals surface area contributed by atoms with Crippen molar-refractivity contribution < 1.29 is 23.5 Å². The summed E-state index contributed by atoms with van der Waals surface area (Å²) in [5.41, 5.74) is -1.39. The number of benzene rings is 1. The van der Waals surface area contributed by atoms with Gasteiger partial charge in [-0.25, -0.2) is 8.78 Å². The van der Waals surface area contributed by atoms with E-state index in [1.807, 2.05) is 0 Å². The first-order valence-corrected chi connectivity index (χ1v) is 11.1. The van der Waals surface area contributed by atoms with Crippen LogP contribution in [0.2, 0.25) is 0 Å². The molecule has 2 aromatic rings. The van der Waals surface area contributed by atoms with Crippen LogP contribution in [0.4, 0.5) is 8.78 Å². The third kappa shape index (κ3) is 3.68. The molecule has 33 heavy (non-hydrogen) atoms. The Morgan fingerprint density at radius 3 is 2.76 bits per heavy atom. The first-order valence-electron chi connectivity index (χ1n) is 11.1. The minimum Gasteiger partial charge on any atom is -0.503 e. The van der Waals surface area contributed by atoms with Gasteiger partial charge in [-0.3, -0.25) is 19.7 Å². The molecule has 0 bridgehead atoms. The maximum atomic E-state index is 13.8. The number of hydrogen-bond donors (Lipinski definition) is 3. The lowest BCUT2D eigenvalue weighted by Gasteiger charge is -2.36. The molecular formula is C23H24F2N4O4. The van der Waals surface area contributed by atoms with Gasteiger partial charge in [-0.05, 0) is 18.9 Å². The van der Waals surface area contributed by atoms with Crippen LogP contribution in [0, 0.1) is 11.6 Å². The summed E-state index contributed by atoms with van der Waals surface area (Å²) in [5, 5.41) is 16.5. The number of aromatic nitrogens is 1. The van der Waals surface area contributed by atoms with Crippen LogP contribution in [0.25, 0.3) is 0 Å². The highest BCUT2D eigenvalue weighted by molar-refractivity contribution is 5.99. The molecule has 0 unspecified atom stereocenters. The van der Waals surface area contributed by atoms with Gasteiger partial charge in [0.25, 0.3) is 11.8 Å². The van der Waals surface area contributed by atoms with E-state index in [1.165, 1.54) is 16.8 Å². The van der Waals surface area contributed by atoms with Gasteiger partial charge in [0.2, 0.25) is 5.43 Å². The number of rotatable bonds is 3. The van der Waals surface area contributed by atoms with Crippen LogP contribution in [0.3, 0.4) is 0 Å². The van der Waals surface area contributed by atoms with E-state index in [1.54, 1.807) is 4.90 Å². The molecular weight excluding hydrogens is 434 g/mol. The number of aromatic hydroxyl groups is 1. The highest BCUT2D eigenvalue weighted by Gasteiger charge is 2.47. The molecule has 0 spiro atoms. The molecule has 1 saturated carbocycles. The predicted molar refractivity (Wildman–Crippen MR) is 114 cm³/mol. The zero-order valence-corrected chi connectivity index (χ0v) is 17.8. The number of carbonyl (C=O) groups is 2. The number of fused-ring (bicyclic) bond motifs is 4. The Hall–Kier alpha value is -3.27. The fourth-order valence-electron chi connectivity index (χ4n) is 5.23. The normalized spacial score (nSPS) is 24.0.